The number of hydrogen-bond donors (Lipinski definition) is 0. The zero-order valence-corrected chi connectivity index (χ0v) is 11.1. The van der Waals surface area contributed by atoms with Gasteiger partial charge < -0.3 is 0 Å². The highest BCUT2D eigenvalue weighted by Crippen LogP contribution is 2.16. The second-order valence-corrected chi connectivity index (χ2v) is 5.56. The fourth-order valence-electron chi connectivity index (χ4n) is 1.23. The van der Waals surface area contributed by atoms with E-state index in [1.807, 2.05) is 11.8 Å². The van der Waals surface area contributed by atoms with Gasteiger partial charge in [-0.1, -0.05) is 38.1 Å². The highest BCUT2D eigenvalue weighted by atomic mass is 35.5. The van der Waals surface area contributed by atoms with Crippen molar-refractivity contribution in [3.63, 3.8) is 0 Å². The summed E-state index contributed by atoms with van der Waals surface area (Å²) in [7, 11) is 0. The Morgan fingerprint density at radius 3 is 2.27 bits per heavy atom. The van der Waals surface area contributed by atoms with Crippen LogP contribution in [0.4, 0.5) is 0 Å². The van der Waals surface area contributed by atoms with Crippen LogP contribution >= 0.6 is 23.4 Å². The minimum Gasteiger partial charge on any atom is -0.157 e. The maximum Gasteiger partial charge on any atom is 0.0474 e. The van der Waals surface area contributed by atoms with Crippen LogP contribution in [0, 0.1) is 5.92 Å². The SMILES string of the molecule is CC(C)CCSCc1ccc(CCl)cc1. The van der Waals surface area contributed by atoms with Crippen molar-refractivity contribution in [2.24, 2.45) is 5.92 Å². The fourth-order valence-corrected chi connectivity index (χ4v) is 2.62. The Bertz CT molecular complexity index is 266. The van der Waals surface area contributed by atoms with Gasteiger partial charge in [0.1, 0.15) is 0 Å². The molecule has 0 heterocycles. The largest absolute Gasteiger partial charge is 0.157 e. The maximum atomic E-state index is 5.74. The van der Waals surface area contributed by atoms with Crippen LogP contribution in [0.5, 0.6) is 0 Å². The average Bonchev–Trinajstić information content (AvgIpc) is 2.25. The Morgan fingerprint density at radius 1 is 1.13 bits per heavy atom. The first-order valence-electron chi connectivity index (χ1n) is 5.44. The predicted molar refractivity (Wildman–Crippen MR) is 71.6 cm³/mol. The molecular weight excluding hydrogens is 224 g/mol. The van der Waals surface area contributed by atoms with Gasteiger partial charge in [0, 0.05) is 11.6 Å². The standard InChI is InChI=1S/C13H19ClS/c1-11(2)7-8-15-10-13-5-3-12(9-14)4-6-13/h3-6,11H,7-10H2,1-2H3. The van der Waals surface area contributed by atoms with Crippen LogP contribution in [-0.2, 0) is 11.6 Å². The summed E-state index contributed by atoms with van der Waals surface area (Å²) in [5.41, 5.74) is 2.60. The summed E-state index contributed by atoms with van der Waals surface area (Å²) < 4.78 is 0. The fraction of sp³-hybridized carbons (Fsp3) is 0.538. The minimum atomic E-state index is 0.612. The van der Waals surface area contributed by atoms with Crippen molar-refractivity contribution in [3.8, 4) is 0 Å². The molecule has 0 nitrogen and oxygen atoms in total. The minimum absolute atomic E-state index is 0.612. The highest BCUT2D eigenvalue weighted by molar-refractivity contribution is 7.98. The number of rotatable bonds is 6. The van der Waals surface area contributed by atoms with Gasteiger partial charge in [0.05, 0.1) is 0 Å². The smallest absolute Gasteiger partial charge is 0.0474 e. The van der Waals surface area contributed by atoms with Crippen LogP contribution in [0.15, 0.2) is 24.3 Å². The third-order valence-corrected chi connectivity index (χ3v) is 3.66. The Labute approximate surface area is 102 Å². The van der Waals surface area contributed by atoms with Gasteiger partial charge in [-0.25, -0.2) is 0 Å². The van der Waals surface area contributed by atoms with E-state index in [0.29, 0.717) is 5.88 Å². The molecule has 2 heteroatoms. The number of hydrogen-bond acceptors (Lipinski definition) is 1. The summed E-state index contributed by atoms with van der Waals surface area (Å²) in [4.78, 5) is 0. The predicted octanol–water partition coefficient (Wildman–Crippen LogP) is 4.70. The molecule has 0 aliphatic carbocycles. The topological polar surface area (TPSA) is 0 Å². The van der Waals surface area contributed by atoms with Gasteiger partial charge in [-0.3, -0.25) is 0 Å². The lowest BCUT2D eigenvalue weighted by Crippen LogP contribution is -1.90. The van der Waals surface area contributed by atoms with E-state index in [4.69, 9.17) is 11.6 Å². The third kappa shape index (κ3) is 5.48. The van der Waals surface area contributed by atoms with E-state index in [2.05, 4.69) is 38.1 Å². The van der Waals surface area contributed by atoms with E-state index in [1.165, 1.54) is 23.3 Å². The molecular formula is C13H19ClS. The molecule has 0 amide bonds. The maximum absolute atomic E-state index is 5.74. The molecule has 1 aromatic carbocycles. The van der Waals surface area contributed by atoms with Crippen LogP contribution in [0.2, 0.25) is 0 Å². The summed E-state index contributed by atoms with van der Waals surface area (Å²) in [5.74, 6) is 3.81. The molecule has 0 aliphatic heterocycles. The van der Waals surface area contributed by atoms with Crippen molar-refractivity contribution < 1.29 is 0 Å². The zero-order valence-electron chi connectivity index (χ0n) is 9.50. The second kappa shape index (κ2) is 7.19. The molecule has 0 fully saturated rings. The van der Waals surface area contributed by atoms with Crippen molar-refractivity contribution in [3.05, 3.63) is 35.4 Å². The Kier molecular flexibility index (Phi) is 6.19. The van der Waals surface area contributed by atoms with E-state index in [1.54, 1.807) is 0 Å². The lowest BCUT2D eigenvalue weighted by atomic mass is 10.2. The van der Waals surface area contributed by atoms with Crippen molar-refractivity contribution in [2.45, 2.75) is 31.9 Å². The number of alkyl halides is 1. The molecule has 0 atom stereocenters. The first-order chi connectivity index (χ1) is 7.22. The molecule has 0 unspecified atom stereocenters. The van der Waals surface area contributed by atoms with E-state index in [9.17, 15) is 0 Å². The number of thioether (sulfide) groups is 1. The van der Waals surface area contributed by atoms with Crippen LogP contribution in [0.1, 0.15) is 31.4 Å². The van der Waals surface area contributed by atoms with E-state index >= 15 is 0 Å². The van der Waals surface area contributed by atoms with E-state index in [0.717, 1.165) is 11.7 Å². The van der Waals surface area contributed by atoms with Gasteiger partial charge in [-0.05, 0) is 29.2 Å². The summed E-state index contributed by atoms with van der Waals surface area (Å²) in [6.07, 6.45) is 1.31. The molecule has 1 aromatic rings. The van der Waals surface area contributed by atoms with Crippen molar-refractivity contribution >= 4 is 23.4 Å². The van der Waals surface area contributed by atoms with E-state index < -0.39 is 0 Å². The molecule has 0 bridgehead atoms. The Hall–Kier alpha value is -0.140. The van der Waals surface area contributed by atoms with Crippen molar-refractivity contribution in [1.82, 2.24) is 0 Å². The van der Waals surface area contributed by atoms with Gasteiger partial charge in [0.15, 0.2) is 0 Å². The van der Waals surface area contributed by atoms with Gasteiger partial charge in [0.25, 0.3) is 0 Å². The molecule has 1 rings (SSSR count). The summed E-state index contributed by atoms with van der Waals surface area (Å²) in [6, 6.07) is 8.59. The quantitative estimate of drug-likeness (QED) is 0.515. The molecule has 0 aliphatic rings. The summed E-state index contributed by atoms with van der Waals surface area (Å²) >= 11 is 7.75. The van der Waals surface area contributed by atoms with Crippen molar-refractivity contribution in [2.75, 3.05) is 5.75 Å². The molecule has 0 radical (unpaired) electrons. The lowest BCUT2D eigenvalue weighted by molar-refractivity contribution is 0.632. The van der Waals surface area contributed by atoms with E-state index in [-0.39, 0.29) is 0 Å². The molecule has 0 saturated heterocycles. The van der Waals surface area contributed by atoms with Gasteiger partial charge in [-0.2, -0.15) is 11.8 Å². The molecule has 15 heavy (non-hydrogen) atoms. The summed E-state index contributed by atoms with van der Waals surface area (Å²) in [6.45, 7) is 4.55. The zero-order chi connectivity index (χ0) is 11.1. The van der Waals surface area contributed by atoms with Crippen molar-refractivity contribution in [1.29, 1.82) is 0 Å². The first-order valence-corrected chi connectivity index (χ1v) is 7.13. The Balaban J connectivity index is 2.25. The Morgan fingerprint density at radius 2 is 1.73 bits per heavy atom. The average molecular weight is 243 g/mol. The van der Waals surface area contributed by atoms with Crippen LogP contribution in [0.3, 0.4) is 0 Å². The van der Waals surface area contributed by atoms with Gasteiger partial charge >= 0.3 is 0 Å². The third-order valence-electron chi connectivity index (χ3n) is 2.29. The van der Waals surface area contributed by atoms with Crippen LogP contribution in [-0.4, -0.2) is 5.75 Å². The molecule has 0 N–H and O–H groups in total. The van der Waals surface area contributed by atoms with Crippen LogP contribution < -0.4 is 0 Å². The number of halogens is 1. The van der Waals surface area contributed by atoms with Crippen LogP contribution in [0.25, 0.3) is 0 Å². The monoisotopic (exact) mass is 242 g/mol. The first kappa shape index (κ1) is 12.9. The molecule has 0 spiro atoms. The second-order valence-electron chi connectivity index (χ2n) is 4.19. The van der Waals surface area contributed by atoms with Gasteiger partial charge in [-0.15, -0.1) is 11.6 Å². The molecule has 0 saturated carbocycles. The van der Waals surface area contributed by atoms with Gasteiger partial charge in [0.2, 0.25) is 0 Å². The molecule has 0 aromatic heterocycles. The highest BCUT2D eigenvalue weighted by Gasteiger charge is 1.97. The lowest BCUT2D eigenvalue weighted by Gasteiger charge is -2.05. The molecule has 84 valence electrons. The summed E-state index contributed by atoms with van der Waals surface area (Å²) in [5, 5.41) is 0. The number of benzene rings is 1. The normalized spacial score (nSPS) is 10.9.